The summed E-state index contributed by atoms with van der Waals surface area (Å²) in [4.78, 5) is 4.54. The van der Waals surface area contributed by atoms with Gasteiger partial charge in [-0.05, 0) is 33.1 Å². The number of ether oxygens (including phenoxy) is 1. The minimum Gasteiger partial charge on any atom is -0.375 e. The van der Waals surface area contributed by atoms with Gasteiger partial charge in [-0.1, -0.05) is 6.92 Å². The van der Waals surface area contributed by atoms with Crippen LogP contribution in [-0.2, 0) is 11.2 Å². The molecule has 0 spiro atoms. The predicted octanol–water partition coefficient (Wildman–Crippen LogP) is 3.08. The summed E-state index contributed by atoms with van der Waals surface area (Å²) >= 11 is 1.70. The third kappa shape index (κ3) is 2.95. The second-order valence-corrected chi connectivity index (χ2v) is 5.80. The molecule has 0 amide bonds. The molecule has 1 N–H and O–H groups in total. The molecule has 3 nitrogen and oxygen atoms in total. The lowest BCUT2D eigenvalue weighted by molar-refractivity contribution is -0.0553. The number of thiazole rings is 1. The van der Waals surface area contributed by atoms with E-state index < -0.39 is 0 Å². The number of hydrogen-bond acceptors (Lipinski definition) is 4. The van der Waals surface area contributed by atoms with Crippen LogP contribution < -0.4 is 5.32 Å². The van der Waals surface area contributed by atoms with Gasteiger partial charge in [-0.15, -0.1) is 11.3 Å². The van der Waals surface area contributed by atoms with Gasteiger partial charge in [0.2, 0.25) is 0 Å². The Kier molecular flexibility index (Phi) is 3.50. The molecule has 1 aromatic rings. The van der Waals surface area contributed by atoms with Crippen LogP contribution in [0.5, 0.6) is 0 Å². The first-order chi connectivity index (χ1) is 7.59. The van der Waals surface area contributed by atoms with Crippen molar-refractivity contribution in [2.24, 2.45) is 0 Å². The zero-order chi connectivity index (χ0) is 11.6. The molecule has 90 valence electrons. The third-order valence-electron chi connectivity index (χ3n) is 2.94. The van der Waals surface area contributed by atoms with Gasteiger partial charge in [0, 0.05) is 18.0 Å². The molecule has 4 heteroatoms. The van der Waals surface area contributed by atoms with Crippen LogP contribution in [0.15, 0.2) is 5.38 Å². The molecule has 1 aliphatic heterocycles. The largest absolute Gasteiger partial charge is 0.375 e. The van der Waals surface area contributed by atoms with Gasteiger partial charge in [-0.3, -0.25) is 0 Å². The fourth-order valence-corrected chi connectivity index (χ4v) is 2.94. The summed E-state index contributed by atoms with van der Waals surface area (Å²) in [5.74, 6) is 0. The van der Waals surface area contributed by atoms with Crippen molar-refractivity contribution in [3.8, 4) is 0 Å². The Hall–Kier alpha value is -0.610. The topological polar surface area (TPSA) is 34.1 Å². The van der Waals surface area contributed by atoms with Gasteiger partial charge in [0.15, 0.2) is 5.13 Å². The Bertz CT molecular complexity index is 349. The van der Waals surface area contributed by atoms with Crippen molar-refractivity contribution < 1.29 is 4.74 Å². The molecule has 1 aliphatic rings. The molecule has 1 atom stereocenters. The van der Waals surface area contributed by atoms with Crippen LogP contribution in [-0.4, -0.2) is 23.2 Å². The first kappa shape index (κ1) is 11.9. The van der Waals surface area contributed by atoms with Crippen LogP contribution in [0, 0.1) is 0 Å². The summed E-state index contributed by atoms with van der Waals surface area (Å²) in [7, 11) is 0. The van der Waals surface area contributed by atoms with Crippen molar-refractivity contribution in [3.63, 3.8) is 0 Å². The minimum atomic E-state index is 0.000756. The average Bonchev–Trinajstić information content (AvgIpc) is 2.64. The smallest absolute Gasteiger partial charge is 0.183 e. The highest BCUT2D eigenvalue weighted by Crippen LogP contribution is 2.27. The molecule has 1 aromatic heterocycles. The molecule has 2 heterocycles. The third-order valence-corrected chi connectivity index (χ3v) is 3.76. The molecule has 1 fully saturated rings. The highest BCUT2D eigenvalue weighted by Gasteiger charge is 2.29. The second-order valence-electron chi connectivity index (χ2n) is 4.94. The first-order valence-corrected chi connectivity index (χ1v) is 6.82. The van der Waals surface area contributed by atoms with Gasteiger partial charge < -0.3 is 10.1 Å². The molecule has 0 aromatic carbocycles. The molecule has 0 bridgehead atoms. The van der Waals surface area contributed by atoms with Crippen LogP contribution in [0.1, 0.15) is 39.3 Å². The van der Waals surface area contributed by atoms with Crippen LogP contribution >= 0.6 is 11.3 Å². The van der Waals surface area contributed by atoms with Crippen LogP contribution in [0.25, 0.3) is 0 Å². The summed E-state index contributed by atoms with van der Waals surface area (Å²) in [5.41, 5.74) is 1.18. The van der Waals surface area contributed by atoms with Crippen LogP contribution in [0.3, 0.4) is 0 Å². The molecule has 0 aliphatic carbocycles. The summed E-state index contributed by atoms with van der Waals surface area (Å²) in [6.07, 6.45) is 3.13. The maximum atomic E-state index is 5.70. The van der Waals surface area contributed by atoms with Crippen molar-refractivity contribution >= 4 is 16.5 Å². The zero-order valence-corrected chi connectivity index (χ0v) is 11.1. The van der Waals surface area contributed by atoms with Gasteiger partial charge >= 0.3 is 0 Å². The molecule has 1 saturated heterocycles. The molecule has 1 unspecified atom stereocenters. The minimum absolute atomic E-state index is 0.000756. The zero-order valence-electron chi connectivity index (χ0n) is 10.2. The van der Waals surface area contributed by atoms with E-state index in [-0.39, 0.29) is 5.60 Å². The molecular weight excluding hydrogens is 220 g/mol. The first-order valence-electron chi connectivity index (χ1n) is 5.94. The number of rotatable bonds is 3. The average molecular weight is 240 g/mol. The van der Waals surface area contributed by atoms with Crippen molar-refractivity contribution in [2.75, 3.05) is 11.9 Å². The van der Waals surface area contributed by atoms with E-state index in [0.29, 0.717) is 6.04 Å². The Balaban J connectivity index is 1.94. The van der Waals surface area contributed by atoms with E-state index in [1.165, 1.54) is 5.69 Å². The van der Waals surface area contributed by atoms with E-state index in [4.69, 9.17) is 4.74 Å². The van der Waals surface area contributed by atoms with Crippen molar-refractivity contribution in [1.82, 2.24) is 4.98 Å². The summed E-state index contributed by atoms with van der Waals surface area (Å²) in [6, 6.07) is 0.500. The maximum absolute atomic E-state index is 5.70. The number of anilines is 1. The Labute approximate surface area is 101 Å². The summed E-state index contributed by atoms with van der Waals surface area (Å²) in [5, 5.41) is 6.71. The highest BCUT2D eigenvalue weighted by molar-refractivity contribution is 7.13. The van der Waals surface area contributed by atoms with Gasteiger partial charge in [-0.25, -0.2) is 4.98 Å². The Morgan fingerprint density at radius 1 is 1.62 bits per heavy atom. The van der Waals surface area contributed by atoms with E-state index in [1.807, 2.05) is 0 Å². The highest BCUT2D eigenvalue weighted by atomic mass is 32.1. The van der Waals surface area contributed by atoms with Crippen molar-refractivity contribution in [2.45, 2.75) is 51.7 Å². The van der Waals surface area contributed by atoms with Gasteiger partial charge in [0.05, 0.1) is 11.3 Å². The maximum Gasteiger partial charge on any atom is 0.183 e. The van der Waals surface area contributed by atoms with Crippen LogP contribution in [0.2, 0.25) is 0 Å². The standard InChI is InChI=1S/C12H20N2OS/c1-4-9-8-16-11(13-9)14-10-5-6-15-12(2,3)7-10/h8,10H,4-7H2,1-3H3,(H,13,14). The number of nitrogens with zero attached hydrogens (tertiary/aromatic N) is 1. The van der Waals surface area contributed by atoms with Gasteiger partial charge in [-0.2, -0.15) is 0 Å². The SMILES string of the molecule is CCc1csc(NC2CCOC(C)(C)C2)n1. The molecule has 0 radical (unpaired) electrons. The number of nitrogens with one attached hydrogen (secondary N) is 1. The van der Waals surface area contributed by atoms with E-state index in [0.717, 1.165) is 31.0 Å². The normalized spacial score (nSPS) is 24.3. The van der Waals surface area contributed by atoms with Gasteiger partial charge in [0.25, 0.3) is 0 Å². The van der Waals surface area contributed by atoms with E-state index in [9.17, 15) is 0 Å². The molecular formula is C12H20N2OS. The Morgan fingerprint density at radius 3 is 3.06 bits per heavy atom. The van der Waals surface area contributed by atoms with E-state index in [1.54, 1.807) is 11.3 Å². The number of aromatic nitrogens is 1. The van der Waals surface area contributed by atoms with Crippen molar-refractivity contribution in [1.29, 1.82) is 0 Å². The number of aryl methyl sites for hydroxylation is 1. The fraction of sp³-hybridized carbons (Fsp3) is 0.750. The summed E-state index contributed by atoms with van der Waals surface area (Å²) < 4.78 is 5.70. The monoisotopic (exact) mass is 240 g/mol. The lowest BCUT2D eigenvalue weighted by atomic mass is 9.94. The predicted molar refractivity (Wildman–Crippen MR) is 68.2 cm³/mol. The number of hydrogen-bond donors (Lipinski definition) is 1. The van der Waals surface area contributed by atoms with E-state index in [2.05, 4.69) is 36.5 Å². The fourth-order valence-electron chi connectivity index (χ4n) is 2.07. The lowest BCUT2D eigenvalue weighted by Gasteiger charge is -2.35. The van der Waals surface area contributed by atoms with Crippen molar-refractivity contribution in [3.05, 3.63) is 11.1 Å². The van der Waals surface area contributed by atoms with Gasteiger partial charge in [0.1, 0.15) is 0 Å². The molecule has 2 rings (SSSR count). The Morgan fingerprint density at radius 2 is 2.44 bits per heavy atom. The van der Waals surface area contributed by atoms with E-state index >= 15 is 0 Å². The molecule has 0 saturated carbocycles. The lowest BCUT2D eigenvalue weighted by Crippen LogP contribution is -2.40. The molecule has 16 heavy (non-hydrogen) atoms. The summed E-state index contributed by atoms with van der Waals surface area (Å²) in [6.45, 7) is 7.29. The van der Waals surface area contributed by atoms with Crippen LogP contribution in [0.4, 0.5) is 5.13 Å². The second kappa shape index (κ2) is 4.72. The quantitative estimate of drug-likeness (QED) is 0.881.